The first kappa shape index (κ1) is 18.7. The topological polar surface area (TPSA) is 78.9 Å². The predicted octanol–water partition coefficient (Wildman–Crippen LogP) is 3.11. The van der Waals surface area contributed by atoms with Crippen LogP contribution in [0.1, 0.15) is 50.5 Å². The van der Waals surface area contributed by atoms with Gasteiger partial charge in [0.2, 0.25) is 0 Å². The Hall–Kier alpha value is -2.63. The van der Waals surface area contributed by atoms with Gasteiger partial charge in [-0.2, -0.15) is 0 Å². The molecule has 25 heavy (non-hydrogen) atoms. The van der Waals surface area contributed by atoms with Gasteiger partial charge in [0.25, 0.3) is 5.79 Å². The Labute approximate surface area is 146 Å². The molecule has 0 radical (unpaired) electrons. The number of hydrogen-bond acceptors (Lipinski definition) is 6. The lowest BCUT2D eigenvalue weighted by molar-refractivity contribution is -0.227. The van der Waals surface area contributed by atoms with Gasteiger partial charge in [-0.25, -0.2) is 9.59 Å². The van der Waals surface area contributed by atoms with Crippen LogP contribution in [-0.4, -0.2) is 30.3 Å². The van der Waals surface area contributed by atoms with Gasteiger partial charge in [-0.3, -0.25) is 4.79 Å². The highest BCUT2D eigenvalue weighted by molar-refractivity contribution is 5.99. The number of cyclic esters (lactones) is 1. The highest BCUT2D eigenvalue weighted by Crippen LogP contribution is 2.48. The van der Waals surface area contributed by atoms with E-state index in [1.807, 2.05) is 20.8 Å². The summed E-state index contributed by atoms with van der Waals surface area (Å²) in [5, 5.41) is 0. The molecule has 2 rings (SSSR count). The minimum absolute atomic E-state index is 0.285. The van der Waals surface area contributed by atoms with Crippen molar-refractivity contribution in [1.29, 1.82) is 0 Å². The first-order valence-electron chi connectivity index (χ1n) is 8.03. The second-order valence-corrected chi connectivity index (χ2v) is 6.74. The largest absolute Gasteiger partial charge is 0.462 e. The van der Waals surface area contributed by atoms with E-state index in [2.05, 4.69) is 0 Å². The summed E-state index contributed by atoms with van der Waals surface area (Å²) in [6.45, 7) is 8.73. The van der Waals surface area contributed by atoms with Gasteiger partial charge in [0.1, 0.15) is 0 Å². The maximum Gasteiger partial charge on any atom is 0.338 e. The first-order valence-corrected chi connectivity index (χ1v) is 8.03. The second-order valence-electron chi connectivity index (χ2n) is 6.74. The normalized spacial score (nSPS) is 19.9. The molecule has 6 heteroatoms. The highest BCUT2D eigenvalue weighted by Gasteiger charge is 2.56. The molecule has 0 amide bonds. The van der Waals surface area contributed by atoms with Crippen LogP contribution in [0.25, 0.3) is 5.57 Å². The fourth-order valence-corrected chi connectivity index (χ4v) is 2.70. The van der Waals surface area contributed by atoms with Crippen molar-refractivity contribution in [2.45, 2.75) is 40.4 Å². The molecule has 1 heterocycles. The molecule has 1 unspecified atom stereocenters. The summed E-state index contributed by atoms with van der Waals surface area (Å²) in [5.41, 5.74) is 0.757. The standard InChI is InChI=1S/C19H22O6/c1-6-23-17(22)14-9-7-13(8-10-14)15-11-16(21)25-19(15,18(3,4)5)24-12(2)20/h7-11H,6H2,1-5H3. The van der Waals surface area contributed by atoms with Crippen LogP contribution in [0.2, 0.25) is 0 Å². The van der Waals surface area contributed by atoms with Gasteiger partial charge in [-0.05, 0) is 24.6 Å². The molecule has 1 aliphatic heterocycles. The van der Waals surface area contributed by atoms with E-state index in [1.54, 1.807) is 31.2 Å². The molecule has 1 aromatic carbocycles. The van der Waals surface area contributed by atoms with E-state index in [4.69, 9.17) is 14.2 Å². The van der Waals surface area contributed by atoms with Crippen LogP contribution in [0.3, 0.4) is 0 Å². The van der Waals surface area contributed by atoms with Crippen LogP contribution in [0, 0.1) is 5.41 Å². The monoisotopic (exact) mass is 346 g/mol. The average Bonchev–Trinajstić information content (AvgIpc) is 2.84. The molecule has 0 fully saturated rings. The lowest BCUT2D eigenvalue weighted by Crippen LogP contribution is -2.48. The van der Waals surface area contributed by atoms with E-state index in [0.29, 0.717) is 16.7 Å². The molecule has 134 valence electrons. The van der Waals surface area contributed by atoms with Crippen LogP contribution >= 0.6 is 0 Å². The summed E-state index contributed by atoms with van der Waals surface area (Å²) in [5.74, 6) is -3.09. The van der Waals surface area contributed by atoms with Crippen molar-refractivity contribution >= 4 is 23.5 Å². The first-order chi connectivity index (χ1) is 11.6. The zero-order valence-corrected chi connectivity index (χ0v) is 15.0. The molecular formula is C19H22O6. The van der Waals surface area contributed by atoms with Gasteiger partial charge in [0.05, 0.1) is 17.7 Å². The van der Waals surface area contributed by atoms with E-state index < -0.39 is 29.1 Å². The van der Waals surface area contributed by atoms with Crippen LogP contribution in [-0.2, 0) is 23.8 Å². The Balaban J connectivity index is 2.47. The SMILES string of the molecule is CCOC(=O)c1ccc(C2=CC(=O)OC2(OC(C)=O)C(C)(C)C)cc1. The van der Waals surface area contributed by atoms with E-state index in [9.17, 15) is 14.4 Å². The van der Waals surface area contributed by atoms with Crippen LogP contribution < -0.4 is 0 Å². The summed E-state index contributed by atoms with van der Waals surface area (Å²) in [4.78, 5) is 35.4. The number of benzene rings is 1. The molecule has 0 aromatic heterocycles. The average molecular weight is 346 g/mol. The van der Waals surface area contributed by atoms with E-state index >= 15 is 0 Å². The zero-order valence-electron chi connectivity index (χ0n) is 15.0. The number of hydrogen-bond donors (Lipinski definition) is 0. The van der Waals surface area contributed by atoms with Crippen LogP contribution in [0.15, 0.2) is 30.3 Å². The molecule has 0 spiro atoms. The van der Waals surface area contributed by atoms with Crippen molar-refractivity contribution in [1.82, 2.24) is 0 Å². The third kappa shape index (κ3) is 3.57. The van der Waals surface area contributed by atoms with Crippen molar-refractivity contribution in [2.24, 2.45) is 5.41 Å². The fourth-order valence-electron chi connectivity index (χ4n) is 2.70. The van der Waals surface area contributed by atoms with Gasteiger partial charge in [0.15, 0.2) is 0 Å². The molecular weight excluding hydrogens is 324 g/mol. The molecule has 1 atom stereocenters. The minimum Gasteiger partial charge on any atom is -0.462 e. The summed E-state index contributed by atoms with van der Waals surface area (Å²) in [7, 11) is 0. The lowest BCUT2D eigenvalue weighted by Gasteiger charge is -2.40. The fraction of sp³-hybridized carbons (Fsp3) is 0.421. The maximum atomic E-state index is 12.0. The second kappa shape index (κ2) is 6.70. The molecule has 1 aromatic rings. The number of ether oxygens (including phenoxy) is 3. The molecule has 0 aliphatic carbocycles. The number of carbonyl (C=O) groups is 3. The number of esters is 3. The smallest absolute Gasteiger partial charge is 0.338 e. The van der Waals surface area contributed by atoms with Crippen molar-refractivity contribution in [2.75, 3.05) is 6.61 Å². The number of carbonyl (C=O) groups excluding carboxylic acids is 3. The van der Waals surface area contributed by atoms with Crippen molar-refractivity contribution in [3.63, 3.8) is 0 Å². The Morgan fingerprint density at radius 3 is 2.24 bits per heavy atom. The maximum absolute atomic E-state index is 12.0. The Morgan fingerprint density at radius 2 is 1.76 bits per heavy atom. The van der Waals surface area contributed by atoms with Gasteiger partial charge in [-0.15, -0.1) is 0 Å². The zero-order chi connectivity index (χ0) is 18.8. The van der Waals surface area contributed by atoms with Crippen molar-refractivity contribution in [3.8, 4) is 0 Å². The van der Waals surface area contributed by atoms with Crippen LogP contribution in [0.4, 0.5) is 0 Å². The molecule has 0 saturated heterocycles. The Morgan fingerprint density at radius 1 is 1.16 bits per heavy atom. The van der Waals surface area contributed by atoms with Crippen LogP contribution in [0.5, 0.6) is 0 Å². The lowest BCUT2D eigenvalue weighted by atomic mass is 9.78. The van der Waals surface area contributed by atoms with E-state index in [-0.39, 0.29) is 6.61 Å². The van der Waals surface area contributed by atoms with Gasteiger partial charge in [-0.1, -0.05) is 32.9 Å². The molecule has 0 bridgehead atoms. The predicted molar refractivity (Wildman–Crippen MR) is 90.4 cm³/mol. The third-order valence-corrected chi connectivity index (χ3v) is 3.84. The quantitative estimate of drug-likeness (QED) is 0.780. The molecule has 0 saturated carbocycles. The Bertz CT molecular complexity index is 723. The molecule has 1 aliphatic rings. The molecule has 0 N–H and O–H groups in total. The summed E-state index contributed by atoms with van der Waals surface area (Å²) >= 11 is 0. The summed E-state index contributed by atoms with van der Waals surface area (Å²) in [6.07, 6.45) is 1.31. The Kier molecular flexibility index (Phi) is 5.02. The van der Waals surface area contributed by atoms with Gasteiger partial charge >= 0.3 is 17.9 Å². The van der Waals surface area contributed by atoms with Gasteiger partial charge < -0.3 is 14.2 Å². The summed E-state index contributed by atoms with van der Waals surface area (Å²) in [6, 6.07) is 6.53. The van der Waals surface area contributed by atoms with E-state index in [0.717, 1.165) is 0 Å². The third-order valence-electron chi connectivity index (χ3n) is 3.84. The minimum atomic E-state index is -1.53. The number of rotatable bonds is 4. The molecule has 6 nitrogen and oxygen atoms in total. The van der Waals surface area contributed by atoms with Crippen molar-refractivity contribution < 1.29 is 28.6 Å². The highest BCUT2D eigenvalue weighted by atomic mass is 16.7. The van der Waals surface area contributed by atoms with Gasteiger partial charge in [0, 0.05) is 18.4 Å². The van der Waals surface area contributed by atoms with Crippen molar-refractivity contribution in [3.05, 3.63) is 41.5 Å². The van der Waals surface area contributed by atoms with E-state index in [1.165, 1.54) is 13.0 Å². The summed E-state index contributed by atoms with van der Waals surface area (Å²) < 4.78 is 15.9.